The number of carbonyl (C=O) groups is 2. The number of anilines is 1. The van der Waals surface area contributed by atoms with Gasteiger partial charge in [-0.05, 0) is 0 Å². The Hall–Kier alpha value is -4.07. The maximum absolute atomic E-state index is 12.8. The molecule has 9 heteroatoms. The summed E-state index contributed by atoms with van der Waals surface area (Å²) in [6.45, 7) is 3.35. The molecule has 0 radical (unpaired) electrons. The summed E-state index contributed by atoms with van der Waals surface area (Å²) in [5.41, 5.74) is 4.59. The number of phenols is 1. The van der Waals surface area contributed by atoms with Gasteiger partial charge in [0.25, 0.3) is 0 Å². The molecule has 0 fully saturated rings. The number of methoxy groups -OCH3 is 1. The molecule has 8 nitrogen and oxygen atoms in total. The number of aryl methyl sites for hydroxylation is 2. The van der Waals surface area contributed by atoms with Crippen molar-refractivity contribution in [2.75, 3.05) is 19.0 Å². The number of nitrogens with one attached hydrogen (secondary N) is 2. The Labute approximate surface area is 220 Å². The Morgan fingerprint density at radius 3 is 2.81 bits per heavy atom. The standard InChI is InChI=1S/C28H26N4O4Se/c1-17-22(27(34)30-8-3-10-32-11-9-29-16-32)14-20(37-17)15-23-21-6-4-18(12-24(21)31-28(23)35)19-5-7-25(33)26(13-19)36-2/h4-7,9,11-16,33H,3,8,10H2,1-2H3,(H,30,34)(H,31,35)/b23-15-. The van der Waals surface area contributed by atoms with Gasteiger partial charge in [0.2, 0.25) is 0 Å². The monoisotopic (exact) mass is 562 g/mol. The van der Waals surface area contributed by atoms with Gasteiger partial charge in [0.05, 0.1) is 0 Å². The van der Waals surface area contributed by atoms with Gasteiger partial charge in [-0.2, -0.15) is 0 Å². The summed E-state index contributed by atoms with van der Waals surface area (Å²) < 4.78 is 9.22. The van der Waals surface area contributed by atoms with Crippen molar-refractivity contribution in [3.05, 3.63) is 81.2 Å². The Kier molecular flexibility index (Phi) is 6.99. The molecule has 0 aliphatic carbocycles. The van der Waals surface area contributed by atoms with Gasteiger partial charge in [-0.1, -0.05) is 0 Å². The van der Waals surface area contributed by atoms with Crippen molar-refractivity contribution in [1.82, 2.24) is 14.9 Å². The van der Waals surface area contributed by atoms with Crippen molar-refractivity contribution in [1.29, 1.82) is 0 Å². The third-order valence-corrected chi connectivity index (χ3v) is 8.31. The predicted molar refractivity (Wildman–Crippen MR) is 144 cm³/mol. The number of hydrogen-bond donors (Lipinski definition) is 3. The van der Waals surface area contributed by atoms with E-state index in [4.69, 9.17) is 4.74 Å². The number of aromatic hydroxyl groups is 1. The van der Waals surface area contributed by atoms with E-state index in [-0.39, 0.29) is 32.1 Å². The number of aromatic nitrogens is 2. The summed E-state index contributed by atoms with van der Waals surface area (Å²) in [6, 6.07) is 12.8. The van der Waals surface area contributed by atoms with Crippen LogP contribution in [0.4, 0.5) is 5.69 Å². The first kappa shape index (κ1) is 24.6. The third kappa shape index (κ3) is 5.23. The third-order valence-electron chi connectivity index (χ3n) is 6.22. The van der Waals surface area contributed by atoms with E-state index in [0.29, 0.717) is 23.4 Å². The summed E-state index contributed by atoms with van der Waals surface area (Å²) in [5.74, 6) is 0.217. The molecule has 0 unspecified atom stereocenters. The van der Waals surface area contributed by atoms with Gasteiger partial charge in [0.1, 0.15) is 0 Å². The molecular formula is C28H26N4O4Se. The van der Waals surface area contributed by atoms with Crippen LogP contribution < -0.4 is 15.4 Å². The summed E-state index contributed by atoms with van der Waals surface area (Å²) in [4.78, 5) is 29.6. The molecular weight excluding hydrogens is 535 g/mol. The molecule has 1 aliphatic heterocycles. The molecule has 5 rings (SSSR count). The number of hydrogen-bond acceptors (Lipinski definition) is 5. The van der Waals surface area contributed by atoms with Crippen LogP contribution in [-0.4, -0.2) is 54.6 Å². The van der Waals surface area contributed by atoms with Crippen molar-refractivity contribution < 1.29 is 19.4 Å². The van der Waals surface area contributed by atoms with Gasteiger partial charge in [0, 0.05) is 0 Å². The van der Waals surface area contributed by atoms with Crippen LogP contribution in [0.3, 0.4) is 0 Å². The second-order valence-corrected chi connectivity index (χ2v) is 11.4. The van der Waals surface area contributed by atoms with E-state index in [1.165, 1.54) is 7.11 Å². The fraction of sp³-hybridized carbons (Fsp3) is 0.179. The van der Waals surface area contributed by atoms with Crippen molar-refractivity contribution in [2.45, 2.75) is 19.9 Å². The molecule has 3 N–H and O–H groups in total. The summed E-state index contributed by atoms with van der Waals surface area (Å²) in [6.07, 6.45) is 8.12. The van der Waals surface area contributed by atoms with E-state index >= 15 is 0 Å². The van der Waals surface area contributed by atoms with Gasteiger partial charge >= 0.3 is 221 Å². The van der Waals surface area contributed by atoms with Gasteiger partial charge in [-0.3, -0.25) is 0 Å². The zero-order valence-electron chi connectivity index (χ0n) is 20.4. The van der Waals surface area contributed by atoms with Crippen LogP contribution in [-0.2, 0) is 11.3 Å². The molecule has 0 spiro atoms. The van der Waals surface area contributed by atoms with Crippen LogP contribution in [0, 0.1) is 6.92 Å². The van der Waals surface area contributed by atoms with Crippen molar-refractivity contribution in [2.24, 2.45) is 0 Å². The average Bonchev–Trinajstić information content (AvgIpc) is 3.61. The Balaban J connectivity index is 1.31. The van der Waals surface area contributed by atoms with Gasteiger partial charge in [-0.15, -0.1) is 0 Å². The van der Waals surface area contributed by atoms with Crippen molar-refractivity contribution in [3.63, 3.8) is 0 Å². The molecule has 2 aromatic heterocycles. The molecule has 1 aliphatic rings. The number of ether oxygens (including phenoxy) is 1. The molecule has 0 bridgehead atoms. The summed E-state index contributed by atoms with van der Waals surface area (Å²) >= 11 is -0.0257. The minimum absolute atomic E-state index is 0.0257. The van der Waals surface area contributed by atoms with Crippen LogP contribution in [0.15, 0.2) is 61.2 Å². The molecule has 0 saturated heterocycles. The number of imidazole rings is 1. The number of fused-ring (bicyclic) bond motifs is 1. The number of amides is 2. The van der Waals surface area contributed by atoms with Crippen LogP contribution in [0.25, 0.3) is 22.8 Å². The van der Waals surface area contributed by atoms with E-state index in [1.807, 2.05) is 48.0 Å². The van der Waals surface area contributed by atoms with Crippen molar-refractivity contribution >= 4 is 43.7 Å². The first-order chi connectivity index (χ1) is 17.9. The quantitative estimate of drug-likeness (QED) is 0.172. The number of phenolic OH excluding ortho intramolecular Hbond substituents is 1. The number of benzene rings is 2. The fourth-order valence-electron chi connectivity index (χ4n) is 4.30. The number of rotatable bonds is 8. The zero-order chi connectivity index (χ0) is 25.9. The summed E-state index contributed by atoms with van der Waals surface area (Å²) in [7, 11) is 1.51. The van der Waals surface area contributed by atoms with E-state index in [9.17, 15) is 14.7 Å². The molecule has 2 amide bonds. The van der Waals surface area contributed by atoms with Gasteiger partial charge in [0.15, 0.2) is 0 Å². The zero-order valence-corrected chi connectivity index (χ0v) is 22.2. The van der Waals surface area contributed by atoms with E-state index in [0.717, 1.165) is 44.2 Å². The van der Waals surface area contributed by atoms with Crippen LogP contribution in [0.2, 0.25) is 0 Å². The maximum atomic E-state index is 12.8. The van der Waals surface area contributed by atoms with Gasteiger partial charge in [-0.25, -0.2) is 0 Å². The average molecular weight is 562 g/mol. The fourth-order valence-corrected chi connectivity index (χ4v) is 6.33. The Bertz CT molecular complexity index is 1500. The first-order valence-electron chi connectivity index (χ1n) is 11.8. The van der Waals surface area contributed by atoms with Crippen LogP contribution in [0.1, 0.15) is 31.2 Å². The molecule has 3 heterocycles. The Morgan fingerprint density at radius 2 is 2.03 bits per heavy atom. The number of carbonyl (C=O) groups excluding carboxylic acids is 2. The second-order valence-electron chi connectivity index (χ2n) is 8.69. The Morgan fingerprint density at radius 1 is 1.22 bits per heavy atom. The first-order valence-corrected chi connectivity index (χ1v) is 13.5. The van der Waals surface area contributed by atoms with Crippen LogP contribution >= 0.6 is 0 Å². The topological polar surface area (TPSA) is 105 Å². The molecule has 2 aromatic carbocycles. The molecule has 188 valence electrons. The minimum atomic E-state index is -0.165. The second kappa shape index (κ2) is 10.5. The van der Waals surface area contributed by atoms with E-state index in [2.05, 4.69) is 15.6 Å². The molecule has 4 aromatic rings. The SMILES string of the molecule is COc1cc(-c2ccc3c(c2)NC(=O)/C3=C\c2cc(C(=O)NCCCn3ccnc3)c(C)[se]2)ccc1O. The van der Waals surface area contributed by atoms with Crippen molar-refractivity contribution in [3.8, 4) is 22.6 Å². The molecule has 37 heavy (non-hydrogen) atoms. The summed E-state index contributed by atoms with van der Waals surface area (Å²) in [5, 5.41) is 15.8. The van der Waals surface area contributed by atoms with Gasteiger partial charge < -0.3 is 0 Å². The number of nitrogens with zero attached hydrogens (tertiary/aromatic N) is 2. The normalized spacial score (nSPS) is 13.5. The van der Waals surface area contributed by atoms with E-state index in [1.54, 1.807) is 30.7 Å². The van der Waals surface area contributed by atoms with Crippen LogP contribution in [0.5, 0.6) is 11.5 Å². The predicted octanol–water partition coefficient (Wildman–Crippen LogP) is 3.94. The van der Waals surface area contributed by atoms with E-state index < -0.39 is 0 Å². The molecule has 0 atom stereocenters. The molecule has 0 saturated carbocycles.